The first kappa shape index (κ1) is 15.9. The molecule has 1 aliphatic rings. The van der Waals surface area contributed by atoms with Gasteiger partial charge in [-0.15, -0.1) is 0 Å². The van der Waals surface area contributed by atoms with Crippen LogP contribution in [0.1, 0.15) is 19.8 Å². The number of aryl methyl sites for hydroxylation is 1. The van der Waals surface area contributed by atoms with E-state index in [1.807, 2.05) is 6.92 Å². The minimum Gasteiger partial charge on any atom is -0.369 e. The summed E-state index contributed by atoms with van der Waals surface area (Å²) in [6.07, 6.45) is 4.25. The third-order valence-corrected chi connectivity index (χ3v) is 5.36. The third-order valence-electron chi connectivity index (χ3n) is 3.58. The molecule has 0 saturated carbocycles. The molecule has 1 aromatic rings. The Morgan fingerprint density at radius 2 is 2.19 bits per heavy atom. The smallest absolute Gasteiger partial charge is 0.262 e. The van der Waals surface area contributed by atoms with Crippen molar-refractivity contribution >= 4 is 15.9 Å². The number of carbonyl (C=O) groups is 1. The summed E-state index contributed by atoms with van der Waals surface area (Å²) in [6.45, 7) is 3.65. The molecule has 21 heavy (non-hydrogen) atoms. The number of rotatable bonds is 6. The zero-order chi connectivity index (χ0) is 15.5. The van der Waals surface area contributed by atoms with Crippen LogP contribution in [0.25, 0.3) is 0 Å². The first-order valence-electron chi connectivity index (χ1n) is 6.97. The number of carbonyl (C=O) groups excluding carboxylic acids is 1. The van der Waals surface area contributed by atoms with Crippen LogP contribution in [0.15, 0.2) is 17.6 Å². The zero-order valence-corrected chi connectivity index (χ0v) is 12.8. The van der Waals surface area contributed by atoms with E-state index >= 15 is 0 Å². The number of nitrogens with one attached hydrogen (secondary N) is 1. The summed E-state index contributed by atoms with van der Waals surface area (Å²) < 4.78 is 28.3. The van der Waals surface area contributed by atoms with Crippen LogP contribution >= 0.6 is 0 Å². The summed E-state index contributed by atoms with van der Waals surface area (Å²) in [5, 5.41) is 3.13. The molecular formula is C12H21N5O3S. The van der Waals surface area contributed by atoms with Crippen molar-refractivity contribution in [3.63, 3.8) is 0 Å². The second-order valence-electron chi connectivity index (χ2n) is 5.04. The molecule has 1 fully saturated rings. The lowest BCUT2D eigenvalue weighted by atomic mass is 10.1. The van der Waals surface area contributed by atoms with E-state index in [0.717, 1.165) is 13.1 Å². The van der Waals surface area contributed by atoms with Crippen molar-refractivity contribution < 1.29 is 13.2 Å². The highest BCUT2D eigenvalue weighted by Crippen LogP contribution is 2.21. The van der Waals surface area contributed by atoms with Crippen LogP contribution in [0.2, 0.25) is 0 Å². The lowest BCUT2D eigenvalue weighted by molar-refractivity contribution is -0.118. The Morgan fingerprint density at radius 1 is 1.52 bits per heavy atom. The van der Waals surface area contributed by atoms with Gasteiger partial charge in [-0.1, -0.05) is 0 Å². The standard InChI is InChI=1S/C12H21N5O3S/c1-2-16-8-12(15-9-16)21(19,20)17(7-11(13)18)10-3-5-14-6-4-10/h8-10,14H,2-7H2,1H3,(H2,13,18). The molecule has 0 atom stereocenters. The van der Waals surface area contributed by atoms with E-state index in [1.165, 1.54) is 16.8 Å². The molecule has 2 heterocycles. The first-order valence-corrected chi connectivity index (χ1v) is 8.41. The Kier molecular flexibility index (Phi) is 4.96. The van der Waals surface area contributed by atoms with E-state index in [9.17, 15) is 13.2 Å². The SMILES string of the molecule is CCn1cnc(S(=O)(=O)N(CC(N)=O)C2CCNCC2)c1. The summed E-state index contributed by atoms with van der Waals surface area (Å²) in [4.78, 5) is 15.2. The number of primary amides is 1. The zero-order valence-electron chi connectivity index (χ0n) is 12.0. The summed E-state index contributed by atoms with van der Waals surface area (Å²) in [5.74, 6) is -0.660. The number of amides is 1. The monoisotopic (exact) mass is 315 g/mol. The van der Waals surface area contributed by atoms with Crippen LogP contribution in [0.3, 0.4) is 0 Å². The number of imidazole rings is 1. The largest absolute Gasteiger partial charge is 0.369 e. The maximum Gasteiger partial charge on any atom is 0.262 e. The van der Waals surface area contributed by atoms with E-state index in [0.29, 0.717) is 19.4 Å². The molecule has 1 aliphatic heterocycles. The molecule has 0 aromatic carbocycles. The maximum atomic E-state index is 12.7. The van der Waals surface area contributed by atoms with Gasteiger partial charge in [0, 0.05) is 18.8 Å². The number of sulfonamides is 1. The van der Waals surface area contributed by atoms with Crippen LogP contribution in [-0.4, -0.2) is 53.9 Å². The normalized spacial score (nSPS) is 17.2. The van der Waals surface area contributed by atoms with Gasteiger partial charge in [-0.25, -0.2) is 13.4 Å². The van der Waals surface area contributed by atoms with Gasteiger partial charge in [0.2, 0.25) is 5.91 Å². The summed E-state index contributed by atoms with van der Waals surface area (Å²) in [5.41, 5.74) is 5.22. The maximum absolute atomic E-state index is 12.7. The van der Waals surface area contributed by atoms with Gasteiger partial charge in [0.25, 0.3) is 10.0 Å². The number of nitrogens with two attached hydrogens (primary N) is 1. The van der Waals surface area contributed by atoms with Gasteiger partial charge in [0.15, 0.2) is 5.03 Å². The molecule has 1 saturated heterocycles. The second kappa shape index (κ2) is 6.54. The second-order valence-corrected chi connectivity index (χ2v) is 6.88. The van der Waals surface area contributed by atoms with Crippen LogP contribution < -0.4 is 11.1 Å². The fourth-order valence-corrected chi connectivity index (χ4v) is 4.01. The molecule has 0 aliphatic carbocycles. The Bertz CT molecular complexity index is 592. The van der Waals surface area contributed by atoms with Crippen LogP contribution in [-0.2, 0) is 21.4 Å². The van der Waals surface area contributed by atoms with Gasteiger partial charge in [-0.2, -0.15) is 4.31 Å². The van der Waals surface area contributed by atoms with E-state index in [2.05, 4.69) is 10.3 Å². The molecular weight excluding hydrogens is 294 g/mol. The van der Waals surface area contributed by atoms with Gasteiger partial charge in [-0.3, -0.25) is 4.79 Å². The third kappa shape index (κ3) is 3.60. The number of piperidine rings is 1. The average Bonchev–Trinajstić information content (AvgIpc) is 2.95. The number of nitrogens with zero attached hydrogens (tertiary/aromatic N) is 3. The van der Waals surface area contributed by atoms with Gasteiger partial charge in [0.05, 0.1) is 12.9 Å². The van der Waals surface area contributed by atoms with Crippen molar-refractivity contribution in [3.05, 3.63) is 12.5 Å². The average molecular weight is 315 g/mol. The first-order chi connectivity index (χ1) is 9.95. The summed E-state index contributed by atoms with van der Waals surface area (Å²) >= 11 is 0. The van der Waals surface area contributed by atoms with Gasteiger partial charge in [-0.05, 0) is 32.9 Å². The molecule has 118 valence electrons. The molecule has 1 amide bonds. The fraction of sp³-hybridized carbons (Fsp3) is 0.667. The topological polar surface area (TPSA) is 110 Å². The Hall–Kier alpha value is -1.45. The molecule has 9 heteroatoms. The van der Waals surface area contributed by atoms with E-state index in [1.54, 1.807) is 4.57 Å². The van der Waals surface area contributed by atoms with Crippen LogP contribution in [0, 0.1) is 0 Å². The van der Waals surface area contributed by atoms with E-state index in [-0.39, 0.29) is 17.6 Å². The van der Waals surface area contributed by atoms with Crippen molar-refractivity contribution in [2.75, 3.05) is 19.6 Å². The van der Waals surface area contributed by atoms with Gasteiger partial charge >= 0.3 is 0 Å². The molecule has 0 spiro atoms. The molecule has 3 N–H and O–H groups in total. The van der Waals surface area contributed by atoms with Crippen molar-refractivity contribution in [2.24, 2.45) is 5.73 Å². The highest BCUT2D eigenvalue weighted by molar-refractivity contribution is 7.89. The molecule has 0 unspecified atom stereocenters. The molecule has 2 rings (SSSR count). The van der Waals surface area contributed by atoms with Crippen molar-refractivity contribution in [1.82, 2.24) is 19.2 Å². The lowest BCUT2D eigenvalue weighted by Gasteiger charge is -2.32. The number of aromatic nitrogens is 2. The summed E-state index contributed by atoms with van der Waals surface area (Å²) in [7, 11) is -3.81. The highest BCUT2D eigenvalue weighted by atomic mass is 32.2. The fourth-order valence-electron chi connectivity index (χ4n) is 2.42. The van der Waals surface area contributed by atoms with Crippen molar-refractivity contribution in [1.29, 1.82) is 0 Å². The molecule has 0 bridgehead atoms. The Morgan fingerprint density at radius 3 is 2.71 bits per heavy atom. The van der Waals surface area contributed by atoms with E-state index < -0.39 is 15.9 Å². The van der Waals surface area contributed by atoms with Crippen molar-refractivity contribution in [2.45, 2.75) is 37.4 Å². The molecule has 8 nitrogen and oxygen atoms in total. The van der Waals surface area contributed by atoms with E-state index in [4.69, 9.17) is 5.73 Å². The number of hydrogen-bond acceptors (Lipinski definition) is 5. The predicted molar refractivity (Wildman–Crippen MR) is 76.9 cm³/mol. The quantitative estimate of drug-likeness (QED) is 0.709. The highest BCUT2D eigenvalue weighted by Gasteiger charge is 2.34. The molecule has 0 radical (unpaired) electrons. The predicted octanol–water partition coefficient (Wildman–Crippen LogP) is -0.869. The minimum atomic E-state index is -3.81. The number of hydrogen-bond donors (Lipinski definition) is 2. The van der Waals surface area contributed by atoms with Gasteiger partial charge < -0.3 is 15.6 Å². The molecule has 1 aromatic heterocycles. The summed E-state index contributed by atoms with van der Waals surface area (Å²) in [6, 6.07) is -0.226. The Labute approximate surface area is 124 Å². The van der Waals surface area contributed by atoms with Crippen LogP contribution in [0.4, 0.5) is 0 Å². The lowest BCUT2D eigenvalue weighted by Crippen LogP contribution is -2.49. The Balaban J connectivity index is 2.31. The minimum absolute atomic E-state index is 0.0378. The van der Waals surface area contributed by atoms with Crippen LogP contribution in [0.5, 0.6) is 0 Å². The van der Waals surface area contributed by atoms with Gasteiger partial charge in [0.1, 0.15) is 0 Å². The van der Waals surface area contributed by atoms with Crippen molar-refractivity contribution in [3.8, 4) is 0 Å².